The Kier molecular flexibility index (Phi) is 4.93. The molecule has 0 unspecified atom stereocenters. The van der Waals surface area contributed by atoms with E-state index in [1.807, 2.05) is 32.0 Å². The molecule has 0 saturated carbocycles. The van der Waals surface area contributed by atoms with Crippen molar-refractivity contribution in [3.63, 3.8) is 0 Å². The number of benzene rings is 2. The van der Waals surface area contributed by atoms with Gasteiger partial charge in [0.15, 0.2) is 6.61 Å². The van der Waals surface area contributed by atoms with E-state index >= 15 is 0 Å². The lowest BCUT2D eigenvalue weighted by atomic mass is 10.1. The summed E-state index contributed by atoms with van der Waals surface area (Å²) in [7, 11) is 0. The first-order valence-electron chi connectivity index (χ1n) is 6.75. The lowest BCUT2D eigenvalue weighted by molar-refractivity contribution is -0.123. The van der Waals surface area contributed by atoms with E-state index < -0.39 is 0 Å². The highest BCUT2D eigenvalue weighted by Gasteiger charge is 2.04. The monoisotopic (exact) mass is 287 g/mol. The molecular weight excluding hydrogens is 269 g/mol. The van der Waals surface area contributed by atoms with Crippen molar-refractivity contribution < 1.29 is 13.9 Å². The number of aryl methyl sites for hydroxylation is 2. The molecule has 1 N–H and O–H groups in total. The zero-order valence-electron chi connectivity index (χ0n) is 12.2. The normalized spacial score (nSPS) is 10.2. The lowest BCUT2D eigenvalue weighted by Gasteiger charge is -2.09. The minimum Gasteiger partial charge on any atom is -0.484 e. The molecular formula is C17H18FNO2. The molecule has 0 aliphatic carbocycles. The molecule has 0 saturated heterocycles. The first kappa shape index (κ1) is 15.0. The van der Waals surface area contributed by atoms with Crippen LogP contribution < -0.4 is 10.1 Å². The van der Waals surface area contributed by atoms with Crippen molar-refractivity contribution in [1.29, 1.82) is 0 Å². The van der Waals surface area contributed by atoms with Crippen LogP contribution in [0.5, 0.6) is 5.75 Å². The maximum absolute atomic E-state index is 13.0. The molecule has 0 atom stereocenters. The van der Waals surface area contributed by atoms with Gasteiger partial charge < -0.3 is 10.1 Å². The maximum Gasteiger partial charge on any atom is 0.258 e. The summed E-state index contributed by atoms with van der Waals surface area (Å²) in [4.78, 5) is 11.7. The molecule has 0 aromatic heterocycles. The van der Waals surface area contributed by atoms with E-state index in [1.165, 1.54) is 12.1 Å². The van der Waals surface area contributed by atoms with Gasteiger partial charge in [0.2, 0.25) is 0 Å². The van der Waals surface area contributed by atoms with Crippen molar-refractivity contribution in [3.8, 4) is 5.75 Å². The predicted molar refractivity (Wildman–Crippen MR) is 79.7 cm³/mol. The number of halogens is 1. The third kappa shape index (κ3) is 4.91. The Bertz CT molecular complexity index is 620. The van der Waals surface area contributed by atoms with E-state index in [-0.39, 0.29) is 24.9 Å². The van der Waals surface area contributed by atoms with E-state index in [9.17, 15) is 9.18 Å². The molecule has 0 heterocycles. The second kappa shape index (κ2) is 6.88. The summed E-state index contributed by atoms with van der Waals surface area (Å²) in [6, 6.07) is 11.9. The summed E-state index contributed by atoms with van der Waals surface area (Å²) in [5, 5.41) is 2.70. The molecule has 2 aromatic rings. The Hall–Kier alpha value is -2.36. The van der Waals surface area contributed by atoms with Crippen LogP contribution in [0.15, 0.2) is 42.5 Å². The average molecular weight is 287 g/mol. The van der Waals surface area contributed by atoms with E-state index in [0.29, 0.717) is 5.75 Å². The fourth-order valence-corrected chi connectivity index (χ4v) is 2.06. The molecule has 0 fully saturated rings. The van der Waals surface area contributed by atoms with Gasteiger partial charge in [-0.25, -0.2) is 4.39 Å². The lowest BCUT2D eigenvalue weighted by Crippen LogP contribution is -2.28. The summed E-state index contributed by atoms with van der Waals surface area (Å²) >= 11 is 0. The van der Waals surface area contributed by atoms with Crippen LogP contribution in [0.3, 0.4) is 0 Å². The second-order valence-corrected chi connectivity index (χ2v) is 5.02. The summed E-state index contributed by atoms with van der Waals surface area (Å²) < 4.78 is 18.5. The minimum atomic E-state index is -0.312. The number of nitrogens with one attached hydrogen (secondary N) is 1. The molecule has 0 radical (unpaired) electrons. The number of ether oxygens (including phenoxy) is 1. The van der Waals surface area contributed by atoms with Crippen molar-refractivity contribution in [2.45, 2.75) is 20.4 Å². The third-order valence-electron chi connectivity index (χ3n) is 2.94. The van der Waals surface area contributed by atoms with Gasteiger partial charge in [0.05, 0.1) is 0 Å². The molecule has 1 amide bonds. The van der Waals surface area contributed by atoms with E-state index in [1.54, 1.807) is 12.1 Å². The van der Waals surface area contributed by atoms with Gasteiger partial charge in [-0.2, -0.15) is 0 Å². The number of amides is 1. The number of carbonyl (C=O) groups is 1. The minimum absolute atomic E-state index is 0.0573. The third-order valence-corrected chi connectivity index (χ3v) is 2.94. The molecule has 4 heteroatoms. The summed E-state index contributed by atoms with van der Waals surface area (Å²) in [5.74, 6) is 0.125. The van der Waals surface area contributed by atoms with Crippen LogP contribution in [-0.2, 0) is 11.3 Å². The first-order chi connectivity index (χ1) is 10.0. The number of hydrogen-bond donors (Lipinski definition) is 1. The van der Waals surface area contributed by atoms with Crippen molar-refractivity contribution >= 4 is 5.91 Å². The molecule has 0 spiro atoms. The van der Waals surface area contributed by atoms with Gasteiger partial charge in [-0.05, 0) is 54.8 Å². The second-order valence-electron chi connectivity index (χ2n) is 5.02. The number of hydrogen-bond acceptors (Lipinski definition) is 2. The van der Waals surface area contributed by atoms with Crippen LogP contribution in [0.25, 0.3) is 0 Å². The first-order valence-corrected chi connectivity index (χ1v) is 6.75. The predicted octanol–water partition coefficient (Wildman–Crippen LogP) is 3.14. The molecule has 0 bridgehead atoms. The Balaban J connectivity index is 1.82. The molecule has 110 valence electrons. The Morgan fingerprint density at radius 2 is 1.86 bits per heavy atom. The Morgan fingerprint density at radius 3 is 2.52 bits per heavy atom. The van der Waals surface area contributed by atoms with Gasteiger partial charge >= 0.3 is 0 Å². The van der Waals surface area contributed by atoms with Crippen molar-refractivity contribution in [2.75, 3.05) is 6.61 Å². The average Bonchev–Trinajstić information content (AvgIpc) is 2.42. The van der Waals surface area contributed by atoms with Crippen molar-refractivity contribution in [1.82, 2.24) is 5.32 Å². The van der Waals surface area contributed by atoms with Gasteiger partial charge in [-0.15, -0.1) is 0 Å². The maximum atomic E-state index is 13.0. The highest BCUT2D eigenvalue weighted by atomic mass is 19.1. The van der Waals surface area contributed by atoms with E-state index in [4.69, 9.17) is 4.74 Å². The van der Waals surface area contributed by atoms with Crippen LogP contribution in [0.2, 0.25) is 0 Å². The van der Waals surface area contributed by atoms with Crippen LogP contribution in [0.4, 0.5) is 4.39 Å². The molecule has 2 rings (SSSR count). The summed E-state index contributed by atoms with van der Waals surface area (Å²) in [5.41, 5.74) is 2.89. The highest BCUT2D eigenvalue weighted by molar-refractivity contribution is 5.77. The Labute approximate surface area is 123 Å². The fourth-order valence-electron chi connectivity index (χ4n) is 2.06. The van der Waals surface area contributed by atoms with Gasteiger partial charge in [-0.3, -0.25) is 4.79 Å². The Morgan fingerprint density at radius 1 is 1.14 bits per heavy atom. The quantitative estimate of drug-likeness (QED) is 0.917. The van der Waals surface area contributed by atoms with E-state index in [2.05, 4.69) is 5.32 Å². The van der Waals surface area contributed by atoms with Crippen LogP contribution in [-0.4, -0.2) is 12.5 Å². The number of rotatable bonds is 5. The molecule has 0 aliphatic rings. The fraction of sp³-hybridized carbons (Fsp3) is 0.235. The van der Waals surface area contributed by atoms with Gasteiger partial charge in [0.25, 0.3) is 5.91 Å². The molecule has 0 aliphatic heterocycles. The largest absolute Gasteiger partial charge is 0.484 e. The van der Waals surface area contributed by atoms with Crippen molar-refractivity contribution in [3.05, 3.63) is 65.0 Å². The van der Waals surface area contributed by atoms with Gasteiger partial charge in [-0.1, -0.05) is 18.2 Å². The van der Waals surface area contributed by atoms with Crippen molar-refractivity contribution in [2.24, 2.45) is 0 Å². The van der Waals surface area contributed by atoms with Crippen LogP contribution in [0.1, 0.15) is 16.7 Å². The summed E-state index contributed by atoms with van der Waals surface area (Å²) in [6.45, 7) is 4.18. The van der Waals surface area contributed by atoms with Crippen LogP contribution >= 0.6 is 0 Å². The molecule has 2 aromatic carbocycles. The topological polar surface area (TPSA) is 38.3 Å². The SMILES string of the molecule is Cc1cc(C)cc(OCC(=O)NCc2cccc(F)c2)c1. The highest BCUT2D eigenvalue weighted by Crippen LogP contribution is 2.15. The van der Waals surface area contributed by atoms with Crippen LogP contribution in [0, 0.1) is 19.7 Å². The number of carbonyl (C=O) groups excluding carboxylic acids is 1. The van der Waals surface area contributed by atoms with E-state index in [0.717, 1.165) is 16.7 Å². The zero-order chi connectivity index (χ0) is 15.2. The molecule has 21 heavy (non-hydrogen) atoms. The van der Waals surface area contributed by atoms with Gasteiger partial charge in [0.1, 0.15) is 11.6 Å². The molecule has 3 nitrogen and oxygen atoms in total. The zero-order valence-corrected chi connectivity index (χ0v) is 12.2. The smallest absolute Gasteiger partial charge is 0.258 e. The standard InChI is InChI=1S/C17H18FNO2/c1-12-6-13(2)8-16(7-12)21-11-17(20)19-10-14-4-3-5-15(18)9-14/h3-9H,10-11H2,1-2H3,(H,19,20). The summed E-state index contributed by atoms with van der Waals surface area (Å²) in [6.07, 6.45) is 0. The van der Waals surface area contributed by atoms with Gasteiger partial charge in [0, 0.05) is 6.54 Å².